The van der Waals surface area contributed by atoms with E-state index in [1.54, 1.807) is 0 Å². The van der Waals surface area contributed by atoms with Gasteiger partial charge in [-0.15, -0.1) is 0 Å². The Morgan fingerprint density at radius 3 is 2.94 bits per heavy atom. The Bertz CT molecular complexity index is 309. The lowest BCUT2D eigenvalue weighted by Crippen LogP contribution is -2.27. The number of rotatable bonds is 5. The molecule has 0 saturated carbocycles. The summed E-state index contributed by atoms with van der Waals surface area (Å²) >= 11 is 0. The van der Waals surface area contributed by atoms with E-state index in [1.165, 1.54) is 37.9 Å². The van der Waals surface area contributed by atoms with E-state index < -0.39 is 0 Å². The molecular formula is C13H23N3. The standard InChI is InChI=1S/C13H23N3/c1-3-11(4-2)13-8-14-10-16(13)9-12-6-5-7-15-12/h8,10-12,15H,3-7,9H2,1-2H3. The first-order chi connectivity index (χ1) is 7.85. The average Bonchev–Trinajstić information content (AvgIpc) is 2.93. The molecule has 1 aliphatic heterocycles. The molecule has 2 heterocycles. The van der Waals surface area contributed by atoms with Crippen LogP contribution in [0.4, 0.5) is 0 Å². The maximum absolute atomic E-state index is 4.32. The minimum absolute atomic E-state index is 0.655. The highest BCUT2D eigenvalue weighted by atomic mass is 15.1. The third-order valence-corrected chi connectivity index (χ3v) is 3.73. The summed E-state index contributed by atoms with van der Waals surface area (Å²) < 4.78 is 2.35. The second-order valence-electron chi connectivity index (χ2n) is 4.78. The minimum Gasteiger partial charge on any atom is -0.333 e. The molecule has 1 aromatic heterocycles. The van der Waals surface area contributed by atoms with Crippen molar-refractivity contribution >= 4 is 0 Å². The van der Waals surface area contributed by atoms with Crippen molar-refractivity contribution in [3.05, 3.63) is 18.2 Å². The van der Waals surface area contributed by atoms with Gasteiger partial charge >= 0.3 is 0 Å². The highest BCUT2D eigenvalue weighted by Crippen LogP contribution is 2.23. The highest BCUT2D eigenvalue weighted by molar-refractivity contribution is 5.06. The van der Waals surface area contributed by atoms with Crippen LogP contribution in [0.15, 0.2) is 12.5 Å². The first kappa shape index (κ1) is 11.6. The molecule has 1 aromatic rings. The van der Waals surface area contributed by atoms with Crippen molar-refractivity contribution in [2.75, 3.05) is 6.54 Å². The Kier molecular flexibility index (Phi) is 3.99. The van der Waals surface area contributed by atoms with Crippen LogP contribution in [0, 0.1) is 0 Å². The Labute approximate surface area is 98.3 Å². The highest BCUT2D eigenvalue weighted by Gasteiger charge is 2.18. The van der Waals surface area contributed by atoms with E-state index in [-0.39, 0.29) is 0 Å². The summed E-state index contributed by atoms with van der Waals surface area (Å²) in [4.78, 5) is 4.32. The van der Waals surface area contributed by atoms with Gasteiger partial charge in [0.2, 0.25) is 0 Å². The van der Waals surface area contributed by atoms with Crippen LogP contribution in [0.1, 0.15) is 51.1 Å². The van der Waals surface area contributed by atoms with Crippen molar-refractivity contribution in [3.63, 3.8) is 0 Å². The number of aromatic nitrogens is 2. The van der Waals surface area contributed by atoms with Crippen molar-refractivity contribution in [2.45, 2.75) is 58.0 Å². The Balaban J connectivity index is 2.05. The molecule has 0 bridgehead atoms. The van der Waals surface area contributed by atoms with Gasteiger partial charge in [-0.2, -0.15) is 0 Å². The van der Waals surface area contributed by atoms with E-state index in [4.69, 9.17) is 0 Å². The summed E-state index contributed by atoms with van der Waals surface area (Å²) in [6.45, 7) is 6.80. The molecule has 1 unspecified atom stereocenters. The lowest BCUT2D eigenvalue weighted by atomic mass is 10.00. The molecule has 90 valence electrons. The third kappa shape index (κ3) is 2.46. The predicted molar refractivity (Wildman–Crippen MR) is 66.6 cm³/mol. The SMILES string of the molecule is CCC(CC)c1cncn1CC1CCCN1. The second kappa shape index (κ2) is 5.48. The monoisotopic (exact) mass is 221 g/mol. The Morgan fingerprint density at radius 1 is 1.50 bits per heavy atom. The molecule has 3 heteroatoms. The van der Waals surface area contributed by atoms with E-state index in [2.05, 4.69) is 28.7 Å². The van der Waals surface area contributed by atoms with Crippen molar-refractivity contribution in [1.82, 2.24) is 14.9 Å². The van der Waals surface area contributed by atoms with Crippen LogP contribution in [-0.2, 0) is 6.54 Å². The summed E-state index contributed by atoms with van der Waals surface area (Å²) in [5.41, 5.74) is 1.42. The largest absolute Gasteiger partial charge is 0.333 e. The van der Waals surface area contributed by atoms with Crippen LogP contribution < -0.4 is 5.32 Å². The Morgan fingerprint density at radius 2 is 2.31 bits per heavy atom. The summed E-state index contributed by atoms with van der Waals surface area (Å²) in [6.07, 6.45) is 9.08. The van der Waals surface area contributed by atoms with Gasteiger partial charge in [-0.3, -0.25) is 0 Å². The fourth-order valence-corrected chi connectivity index (χ4v) is 2.68. The summed E-state index contributed by atoms with van der Waals surface area (Å²) in [5, 5.41) is 3.55. The lowest BCUT2D eigenvalue weighted by molar-refractivity contribution is 0.478. The molecule has 1 N–H and O–H groups in total. The number of hydrogen-bond acceptors (Lipinski definition) is 2. The van der Waals surface area contributed by atoms with E-state index >= 15 is 0 Å². The molecule has 0 amide bonds. The van der Waals surface area contributed by atoms with Gasteiger partial charge in [-0.1, -0.05) is 13.8 Å². The molecule has 2 rings (SSSR count). The van der Waals surface area contributed by atoms with Gasteiger partial charge in [0.15, 0.2) is 0 Å². The van der Waals surface area contributed by atoms with Crippen molar-refractivity contribution < 1.29 is 0 Å². The summed E-state index contributed by atoms with van der Waals surface area (Å²) in [6, 6.07) is 0.655. The van der Waals surface area contributed by atoms with Crippen LogP contribution in [0.3, 0.4) is 0 Å². The molecule has 1 atom stereocenters. The topological polar surface area (TPSA) is 29.9 Å². The van der Waals surface area contributed by atoms with Gasteiger partial charge in [-0.05, 0) is 32.2 Å². The van der Waals surface area contributed by atoms with Crippen molar-refractivity contribution in [2.24, 2.45) is 0 Å². The fraction of sp³-hybridized carbons (Fsp3) is 0.769. The lowest BCUT2D eigenvalue weighted by Gasteiger charge is -2.18. The minimum atomic E-state index is 0.655. The molecule has 0 aliphatic carbocycles. The molecule has 16 heavy (non-hydrogen) atoms. The smallest absolute Gasteiger partial charge is 0.0948 e. The van der Waals surface area contributed by atoms with Crippen LogP contribution in [0.2, 0.25) is 0 Å². The predicted octanol–water partition coefficient (Wildman–Crippen LogP) is 2.54. The van der Waals surface area contributed by atoms with Gasteiger partial charge in [0, 0.05) is 30.4 Å². The first-order valence-electron chi connectivity index (χ1n) is 6.58. The van der Waals surface area contributed by atoms with Gasteiger partial charge in [-0.25, -0.2) is 4.98 Å². The third-order valence-electron chi connectivity index (χ3n) is 3.73. The molecule has 0 radical (unpaired) electrons. The summed E-state index contributed by atoms with van der Waals surface area (Å²) in [5.74, 6) is 0.670. The molecule has 1 fully saturated rings. The molecule has 1 aliphatic rings. The Hall–Kier alpha value is -0.830. The normalized spacial score (nSPS) is 20.8. The number of hydrogen-bond donors (Lipinski definition) is 1. The van der Waals surface area contributed by atoms with Gasteiger partial charge in [0.05, 0.1) is 6.33 Å². The van der Waals surface area contributed by atoms with Gasteiger partial charge in [0.1, 0.15) is 0 Å². The molecule has 0 aromatic carbocycles. The zero-order valence-electron chi connectivity index (χ0n) is 10.4. The van der Waals surface area contributed by atoms with Crippen LogP contribution in [0.25, 0.3) is 0 Å². The molecule has 3 nitrogen and oxygen atoms in total. The van der Waals surface area contributed by atoms with Gasteiger partial charge < -0.3 is 9.88 Å². The number of imidazole rings is 1. The molecule has 1 saturated heterocycles. The van der Waals surface area contributed by atoms with Crippen LogP contribution in [0.5, 0.6) is 0 Å². The maximum Gasteiger partial charge on any atom is 0.0948 e. The van der Waals surface area contributed by atoms with E-state index in [9.17, 15) is 0 Å². The maximum atomic E-state index is 4.32. The van der Waals surface area contributed by atoms with Crippen molar-refractivity contribution in [1.29, 1.82) is 0 Å². The van der Waals surface area contributed by atoms with Crippen molar-refractivity contribution in [3.8, 4) is 0 Å². The summed E-state index contributed by atoms with van der Waals surface area (Å²) in [7, 11) is 0. The number of nitrogens with zero attached hydrogens (tertiary/aromatic N) is 2. The van der Waals surface area contributed by atoms with Crippen LogP contribution >= 0.6 is 0 Å². The number of nitrogens with one attached hydrogen (secondary N) is 1. The second-order valence-corrected chi connectivity index (χ2v) is 4.78. The van der Waals surface area contributed by atoms with E-state index in [1.807, 2.05) is 12.5 Å². The average molecular weight is 221 g/mol. The zero-order valence-corrected chi connectivity index (χ0v) is 10.4. The first-order valence-corrected chi connectivity index (χ1v) is 6.58. The quantitative estimate of drug-likeness (QED) is 0.828. The zero-order chi connectivity index (χ0) is 11.4. The van der Waals surface area contributed by atoms with Gasteiger partial charge in [0.25, 0.3) is 0 Å². The van der Waals surface area contributed by atoms with E-state index in [0.717, 1.165) is 6.54 Å². The molecule has 0 spiro atoms. The van der Waals surface area contributed by atoms with E-state index in [0.29, 0.717) is 12.0 Å². The molecular weight excluding hydrogens is 198 g/mol. The van der Waals surface area contributed by atoms with Crippen LogP contribution in [-0.4, -0.2) is 22.1 Å². The fourth-order valence-electron chi connectivity index (χ4n) is 2.68.